The fraction of sp³-hybridized carbons (Fsp3) is 0.100. The Balaban J connectivity index is 0.00000169. The van der Waals surface area contributed by atoms with Crippen molar-refractivity contribution in [2.75, 3.05) is 7.11 Å². The maximum atomic E-state index is 8.33. The van der Waals surface area contributed by atoms with E-state index in [1.165, 1.54) is 6.08 Å². The molecule has 1 aromatic rings. The fourth-order valence-corrected chi connectivity index (χ4v) is 0.918. The van der Waals surface area contributed by atoms with Gasteiger partial charge in [-0.25, -0.2) is 0 Å². The first-order valence-corrected chi connectivity index (χ1v) is 3.73. The zero-order valence-corrected chi connectivity index (χ0v) is 8.24. The predicted octanol–water partition coefficient (Wildman–Crippen LogP) is -0.384. The molecule has 1 aromatic carbocycles. The van der Waals surface area contributed by atoms with Crippen LogP contribution in [0.25, 0.3) is 11.4 Å². The molecular formula is C10H9LiN2O. The second-order valence-electron chi connectivity index (χ2n) is 2.42. The third kappa shape index (κ3) is 3.18. The average Bonchev–Trinajstić information content (AvgIpc) is 2.18. The Bertz CT molecular complexity index is 351. The van der Waals surface area contributed by atoms with Gasteiger partial charge in [0.1, 0.15) is 5.75 Å². The first-order valence-electron chi connectivity index (χ1n) is 3.73. The van der Waals surface area contributed by atoms with E-state index in [0.29, 0.717) is 5.56 Å². The number of allylic oxidation sites excluding steroid dienone is 1. The molecule has 0 amide bonds. The van der Waals surface area contributed by atoms with E-state index in [-0.39, 0.29) is 24.6 Å². The number of hydrogen-bond acceptors (Lipinski definition) is 2. The summed E-state index contributed by atoms with van der Waals surface area (Å²) in [7, 11) is 1.59. The molecular weight excluding hydrogens is 171 g/mol. The maximum Gasteiger partial charge on any atom is 1.00 e. The summed E-state index contributed by atoms with van der Waals surface area (Å²) in [6, 6.07) is 8.82. The average molecular weight is 180 g/mol. The van der Waals surface area contributed by atoms with E-state index in [9.17, 15) is 0 Å². The Hall–Kier alpha value is -1.35. The molecule has 0 aliphatic heterocycles. The molecule has 0 saturated carbocycles. The second kappa shape index (κ2) is 6.15. The molecule has 0 aliphatic rings. The van der Waals surface area contributed by atoms with Gasteiger partial charge in [-0.05, 0) is 17.7 Å². The molecule has 14 heavy (non-hydrogen) atoms. The molecule has 0 fully saturated rings. The molecule has 1 rings (SSSR count). The van der Waals surface area contributed by atoms with Crippen molar-refractivity contribution >= 4 is 5.70 Å². The normalized spacial score (nSPS) is 9.86. The van der Waals surface area contributed by atoms with Crippen LogP contribution in [0.5, 0.6) is 5.75 Å². The Labute approximate surface area is 95.3 Å². The second-order valence-corrected chi connectivity index (χ2v) is 2.42. The molecule has 1 N–H and O–H groups in total. The molecule has 0 atom stereocenters. The van der Waals surface area contributed by atoms with E-state index in [2.05, 4.69) is 0 Å². The van der Waals surface area contributed by atoms with E-state index >= 15 is 0 Å². The van der Waals surface area contributed by atoms with Crippen molar-refractivity contribution in [3.05, 3.63) is 41.6 Å². The first kappa shape index (κ1) is 12.6. The monoisotopic (exact) mass is 180 g/mol. The van der Waals surface area contributed by atoms with E-state index in [1.807, 2.05) is 6.07 Å². The first-order chi connectivity index (χ1) is 6.27. The van der Waals surface area contributed by atoms with E-state index in [0.717, 1.165) is 5.75 Å². The van der Waals surface area contributed by atoms with Gasteiger partial charge < -0.3 is 10.5 Å². The molecule has 0 radical (unpaired) electrons. The summed E-state index contributed by atoms with van der Waals surface area (Å²) in [5.41, 5.74) is 8.36. The fourth-order valence-electron chi connectivity index (χ4n) is 0.918. The molecule has 0 spiro atoms. The Morgan fingerprint density at radius 2 is 2.00 bits per heavy atom. The number of methoxy groups -OCH3 is 1. The van der Waals surface area contributed by atoms with Crippen LogP contribution < -0.4 is 23.6 Å². The number of ether oxygens (including phenoxy) is 1. The Kier molecular flexibility index (Phi) is 5.56. The molecule has 0 aliphatic carbocycles. The van der Waals surface area contributed by atoms with Gasteiger partial charge in [-0.2, -0.15) is 5.26 Å². The number of nitrogens with one attached hydrogen (secondary N) is 1. The largest absolute Gasteiger partial charge is 1.00 e. The standard InChI is InChI=1S/C10H9N2O.Li/c1-13-9-4-2-8(3-5-9)10(12)6-7-11;/h2-6,12H,1H3;/q-1;+1/b10-6+;. The van der Waals surface area contributed by atoms with Gasteiger partial charge in [-0.15, -0.1) is 5.70 Å². The van der Waals surface area contributed by atoms with Crippen LogP contribution in [0.1, 0.15) is 5.56 Å². The summed E-state index contributed by atoms with van der Waals surface area (Å²) in [5.74, 6) is 0.744. The number of nitriles is 1. The third-order valence-electron chi connectivity index (χ3n) is 1.61. The van der Waals surface area contributed by atoms with E-state index in [1.54, 1.807) is 31.4 Å². The molecule has 0 unspecified atom stereocenters. The van der Waals surface area contributed by atoms with Crippen LogP contribution in [0.15, 0.2) is 30.3 Å². The molecule has 0 heterocycles. The zero-order valence-electron chi connectivity index (χ0n) is 8.24. The number of benzene rings is 1. The molecule has 3 nitrogen and oxygen atoms in total. The van der Waals surface area contributed by atoms with Crippen LogP contribution >= 0.6 is 0 Å². The molecule has 66 valence electrons. The minimum absolute atomic E-state index is 0. The minimum Gasteiger partial charge on any atom is -0.698 e. The van der Waals surface area contributed by atoms with Gasteiger partial charge in [-0.3, -0.25) is 0 Å². The van der Waals surface area contributed by atoms with E-state index in [4.69, 9.17) is 15.7 Å². The molecule has 0 bridgehead atoms. The summed E-state index contributed by atoms with van der Waals surface area (Å²) >= 11 is 0. The van der Waals surface area contributed by atoms with E-state index < -0.39 is 0 Å². The molecule has 0 aromatic heterocycles. The summed E-state index contributed by atoms with van der Waals surface area (Å²) in [6.45, 7) is 0. The quantitative estimate of drug-likeness (QED) is 0.460. The summed E-state index contributed by atoms with van der Waals surface area (Å²) in [4.78, 5) is 0. The Morgan fingerprint density at radius 3 is 2.43 bits per heavy atom. The van der Waals surface area contributed by atoms with Crippen LogP contribution in [-0.2, 0) is 0 Å². The van der Waals surface area contributed by atoms with Crippen LogP contribution in [0.4, 0.5) is 0 Å². The SMILES string of the molecule is COc1ccc(/C([NH-])=C\C#N)cc1.[Li+]. The summed E-state index contributed by atoms with van der Waals surface area (Å²) < 4.78 is 4.96. The van der Waals surface area contributed by atoms with Gasteiger partial charge in [-0.1, -0.05) is 12.1 Å². The minimum atomic E-state index is 0. The van der Waals surface area contributed by atoms with Crippen LogP contribution in [0.3, 0.4) is 0 Å². The van der Waals surface area contributed by atoms with Crippen molar-refractivity contribution in [3.8, 4) is 11.8 Å². The summed E-state index contributed by atoms with van der Waals surface area (Å²) in [6.07, 6.45) is 1.20. The van der Waals surface area contributed by atoms with Gasteiger partial charge in [0.15, 0.2) is 0 Å². The number of hydrogen-bond donors (Lipinski definition) is 0. The van der Waals surface area contributed by atoms with Crippen molar-refractivity contribution in [3.63, 3.8) is 0 Å². The van der Waals surface area contributed by atoms with Crippen LogP contribution in [0, 0.1) is 11.3 Å². The van der Waals surface area contributed by atoms with Gasteiger partial charge in [0.25, 0.3) is 0 Å². The van der Waals surface area contributed by atoms with Crippen molar-refractivity contribution in [2.24, 2.45) is 0 Å². The van der Waals surface area contributed by atoms with Crippen LogP contribution in [-0.4, -0.2) is 7.11 Å². The predicted molar refractivity (Wildman–Crippen MR) is 50.9 cm³/mol. The third-order valence-corrected chi connectivity index (χ3v) is 1.61. The van der Waals surface area contributed by atoms with Crippen molar-refractivity contribution < 1.29 is 23.6 Å². The number of nitrogens with zero attached hydrogens (tertiary/aromatic N) is 1. The molecule has 0 saturated heterocycles. The zero-order chi connectivity index (χ0) is 9.68. The van der Waals surface area contributed by atoms with Crippen molar-refractivity contribution in [1.29, 1.82) is 5.26 Å². The van der Waals surface area contributed by atoms with Gasteiger partial charge in [0.05, 0.1) is 13.2 Å². The molecule has 4 heteroatoms. The number of rotatable bonds is 2. The Morgan fingerprint density at radius 1 is 1.43 bits per heavy atom. The summed E-state index contributed by atoms with van der Waals surface area (Å²) in [5, 5.41) is 8.33. The van der Waals surface area contributed by atoms with Crippen molar-refractivity contribution in [1.82, 2.24) is 0 Å². The van der Waals surface area contributed by atoms with Crippen molar-refractivity contribution in [2.45, 2.75) is 0 Å². The maximum absolute atomic E-state index is 8.33. The topological polar surface area (TPSA) is 56.8 Å². The van der Waals surface area contributed by atoms with Gasteiger partial charge in [0.2, 0.25) is 0 Å². The van der Waals surface area contributed by atoms with Gasteiger partial charge >= 0.3 is 18.9 Å². The van der Waals surface area contributed by atoms with Crippen LogP contribution in [0.2, 0.25) is 0 Å². The van der Waals surface area contributed by atoms with Gasteiger partial charge in [0, 0.05) is 6.08 Å². The smallest absolute Gasteiger partial charge is 0.698 e.